The van der Waals surface area contributed by atoms with Gasteiger partial charge in [0.05, 0.1) is 18.6 Å². The zero-order valence-corrected chi connectivity index (χ0v) is 12.4. The number of aliphatic carboxylic acids is 1. The molecule has 2 rings (SSSR count). The molecule has 0 radical (unpaired) electrons. The number of amides is 1. The molecule has 2 unspecified atom stereocenters. The Morgan fingerprint density at radius 3 is 2.81 bits per heavy atom. The highest BCUT2D eigenvalue weighted by atomic mass is 16.5. The fourth-order valence-electron chi connectivity index (χ4n) is 2.95. The Morgan fingerprint density at radius 2 is 2.19 bits per heavy atom. The Balaban J connectivity index is 2.40. The van der Waals surface area contributed by atoms with Gasteiger partial charge >= 0.3 is 5.97 Å². The third-order valence-electron chi connectivity index (χ3n) is 3.87. The van der Waals surface area contributed by atoms with Crippen molar-refractivity contribution in [1.82, 2.24) is 4.90 Å². The lowest BCUT2D eigenvalue weighted by atomic mass is 9.84. The van der Waals surface area contributed by atoms with Crippen molar-refractivity contribution in [3.63, 3.8) is 0 Å². The van der Waals surface area contributed by atoms with Crippen LogP contribution in [0.15, 0.2) is 24.3 Å². The first-order chi connectivity index (χ1) is 10.1. The number of carbonyl (C=O) groups excluding carboxylic acids is 1. The highest BCUT2D eigenvalue weighted by Gasteiger charge is 2.40. The van der Waals surface area contributed by atoms with Gasteiger partial charge in [0, 0.05) is 13.0 Å². The maximum absolute atomic E-state index is 12.1. The molecule has 1 aromatic carbocycles. The zero-order chi connectivity index (χ0) is 15.4. The van der Waals surface area contributed by atoms with Gasteiger partial charge in [-0.25, -0.2) is 0 Å². The largest absolute Gasteiger partial charge is 0.494 e. The van der Waals surface area contributed by atoms with Crippen LogP contribution >= 0.6 is 0 Å². The van der Waals surface area contributed by atoms with Gasteiger partial charge in [0.1, 0.15) is 5.75 Å². The predicted octanol–water partition coefficient (Wildman–Crippen LogP) is 2.47. The summed E-state index contributed by atoms with van der Waals surface area (Å²) in [6.45, 7) is 4.83. The molecule has 0 spiro atoms. The fraction of sp³-hybridized carbons (Fsp3) is 0.500. The molecule has 21 heavy (non-hydrogen) atoms. The molecule has 2 atom stereocenters. The number of likely N-dealkylation sites (tertiary alicyclic amines) is 1. The van der Waals surface area contributed by atoms with Crippen LogP contribution in [0.4, 0.5) is 0 Å². The summed E-state index contributed by atoms with van der Waals surface area (Å²) < 4.78 is 5.48. The first kappa shape index (κ1) is 15.4. The van der Waals surface area contributed by atoms with Crippen LogP contribution in [0, 0.1) is 5.92 Å². The van der Waals surface area contributed by atoms with Crippen molar-refractivity contribution < 1.29 is 19.4 Å². The number of ether oxygens (including phenoxy) is 1. The summed E-state index contributed by atoms with van der Waals surface area (Å²) in [4.78, 5) is 25.3. The van der Waals surface area contributed by atoms with E-state index in [0.29, 0.717) is 31.7 Å². The predicted molar refractivity (Wildman–Crippen MR) is 78.1 cm³/mol. The van der Waals surface area contributed by atoms with E-state index in [1.54, 1.807) is 4.90 Å². The second kappa shape index (κ2) is 6.61. The summed E-state index contributed by atoms with van der Waals surface area (Å²) in [7, 11) is 0. The lowest BCUT2D eigenvalue weighted by molar-refractivity contribution is -0.151. The Hall–Kier alpha value is -2.04. The molecule has 0 bridgehead atoms. The molecule has 1 fully saturated rings. The summed E-state index contributed by atoms with van der Waals surface area (Å²) in [6.07, 6.45) is 0.681. The number of nitrogens with zero attached hydrogens (tertiary/aromatic N) is 1. The van der Waals surface area contributed by atoms with Crippen LogP contribution in [0.3, 0.4) is 0 Å². The molecule has 114 valence electrons. The molecule has 1 aliphatic rings. The average Bonchev–Trinajstić information content (AvgIpc) is 2.47. The molecular weight excluding hydrogens is 270 g/mol. The normalized spacial score (nSPS) is 22.2. The minimum absolute atomic E-state index is 0.0156. The number of piperidine rings is 1. The van der Waals surface area contributed by atoms with Crippen molar-refractivity contribution >= 4 is 11.9 Å². The van der Waals surface area contributed by atoms with Crippen LogP contribution < -0.4 is 4.74 Å². The maximum atomic E-state index is 12.1. The van der Waals surface area contributed by atoms with Crippen LogP contribution in [0.1, 0.15) is 38.3 Å². The lowest BCUT2D eigenvalue weighted by Gasteiger charge is -2.39. The highest BCUT2D eigenvalue weighted by molar-refractivity contribution is 5.81. The number of carboxylic acid groups (broad SMARTS) is 1. The number of carbonyl (C=O) groups is 2. The van der Waals surface area contributed by atoms with E-state index in [9.17, 15) is 14.7 Å². The molecule has 1 amide bonds. The zero-order valence-electron chi connectivity index (χ0n) is 12.4. The third-order valence-corrected chi connectivity index (χ3v) is 3.87. The molecule has 1 aromatic rings. The SMILES string of the molecule is CCOc1cccc(C2C(C(=O)O)CCC(=O)N2CC)c1. The first-order valence-electron chi connectivity index (χ1n) is 7.33. The lowest BCUT2D eigenvalue weighted by Crippen LogP contribution is -2.45. The van der Waals surface area contributed by atoms with Gasteiger partial charge in [-0.3, -0.25) is 9.59 Å². The Morgan fingerprint density at radius 1 is 1.43 bits per heavy atom. The molecule has 1 aliphatic heterocycles. The molecule has 1 heterocycles. The summed E-state index contributed by atoms with van der Waals surface area (Å²) in [5.41, 5.74) is 0.822. The minimum atomic E-state index is -0.854. The van der Waals surface area contributed by atoms with Crippen molar-refractivity contribution in [3.05, 3.63) is 29.8 Å². The van der Waals surface area contributed by atoms with E-state index >= 15 is 0 Å². The van der Waals surface area contributed by atoms with E-state index in [1.165, 1.54) is 0 Å². The quantitative estimate of drug-likeness (QED) is 0.905. The molecule has 0 aliphatic carbocycles. The van der Waals surface area contributed by atoms with E-state index in [1.807, 2.05) is 38.1 Å². The number of carboxylic acids is 1. The average molecular weight is 291 g/mol. The van der Waals surface area contributed by atoms with E-state index < -0.39 is 17.9 Å². The van der Waals surface area contributed by atoms with E-state index in [-0.39, 0.29) is 5.91 Å². The second-order valence-corrected chi connectivity index (χ2v) is 5.11. The summed E-state index contributed by atoms with van der Waals surface area (Å²) >= 11 is 0. The summed E-state index contributed by atoms with van der Waals surface area (Å²) in [5, 5.41) is 9.47. The Bertz CT molecular complexity index is 527. The van der Waals surface area contributed by atoms with E-state index in [4.69, 9.17) is 4.74 Å². The van der Waals surface area contributed by atoms with Crippen LogP contribution in [-0.4, -0.2) is 35.0 Å². The van der Waals surface area contributed by atoms with Gasteiger partial charge in [-0.15, -0.1) is 0 Å². The van der Waals surface area contributed by atoms with Crippen molar-refractivity contribution in [1.29, 1.82) is 0 Å². The first-order valence-corrected chi connectivity index (χ1v) is 7.33. The Kier molecular flexibility index (Phi) is 4.83. The fourth-order valence-corrected chi connectivity index (χ4v) is 2.95. The van der Waals surface area contributed by atoms with Gasteiger partial charge in [0.15, 0.2) is 0 Å². The molecule has 0 aromatic heterocycles. The molecule has 0 saturated carbocycles. The van der Waals surface area contributed by atoms with Gasteiger partial charge in [-0.1, -0.05) is 12.1 Å². The third kappa shape index (κ3) is 3.17. The Labute approximate surface area is 124 Å². The van der Waals surface area contributed by atoms with Crippen molar-refractivity contribution in [3.8, 4) is 5.75 Å². The van der Waals surface area contributed by atoms with Crippen LogP contribution in [0.25, 0.3) is 0 Å². The van der Waals surface area contributed by atoms with Crippen molar-refractivity contribution in [2.75, 3.05) is 13.2 Å². The maximum Gasteiger partial charge on any atom is 0.308 e. The van der Waals surface area contributed by atoms with E-state index in [0.717, 1.165) is 5.56 Å². The van der Waals surface area contributed by atoms with Crippen molar-refractivity contribution in [2.45, 2.75) is 32.7 Å². The number of hydrogen-bond donors (Lipinski definition) is 1. The number of rotatable bonds is 5. The van der Waals surface area contributed by atoms with Gasteiger partial charge in [-0.05, 0) is 38.0 Å². The standard InChI is InChI=1S/C16H21NO4/c1-3-17-14(18)9-8-13(16(19)20)15(17)11-6-5-7-12(10-11)21-4-2/h5-7,10,13,15H,3-4,8-9H2,1-2H3,(H,19,20). The van der Waals surface area contributed by atoms with Gasteiger partial charge in [0.25, 0.3) is 0 Å². The van der Waals surface area contributed by atoms with Gasteiger partial charge < -0.3 is 14.7 Å². The number of benzene rings is 1. The monoisotopic (exact) mass is 291 g/mol. The van der Waals surface area contributed by atoms with Crippen molar-refractivity contribution in [2.24, 2.45) is 5.92 Å². The van der Waals surface area contributed by atoms with Crippen LogP contribution in [0.5, 0.6) is 5.75 Å². The van der Waals surface area contributed by atoms with Crippen LogP contribution in [-0.2, 0) is 9.59 Å². The molecule has 1 saturated heterocycles. The molecular formula is C16H21NO4. The smallest absolute Gasteiger partial charge is 0.308 e. The summed E-state index contributed by atoms with van der Waals surface area (Å²) in [5.74, 6) is -0.706. The molecule has 5 heteroatoms. The van der Waals surface area contributed by atoms with Gasteiger partial charge in [-0.2, -0.15) is 0 Å². The second-order valence-electron chi connectivity index (χ2n) is 5.11. The molecule has 5 nitrogen and oxygen atoms in total. The topological polar surface area (TPSA) is 66.8 Å². The van der Waals surface area contributed by atoms with Crippen LogP contribution in [0.2, 0.25) is 0 Å². The van der Waals surface area contributed by atoms with Gasteiger partial charge in [0.2, 0.25) is 5.91 Å². The minimum Gasteiger partial charge on any atom is -0.494 e. The molecule has 1 N–H and O–H groups in total. The summed E-state index contributed by atoms with van der Waals surface area (Å²) in [6, 6.07) is 6.96. The highest BCUT2D eigenvalue weighted by Crippen LogP contribution is 2.37. The number of hydrogen-bond acceptors (Lipinski definition) is 3. The van der Waals surface area contributed by atoms with E-state index in [2.05, 4.69) is 0 Å².